The predicted molar refractivity (Wildman–Crippen MR) is 152 cm³/mol. The summed E-state index contributed by atoms with van der Waals surface area (Å²) in [5.41, 5.74) is 5.36. The lowest BCUT2D eigenvalue weighted by Crippen LogP contribution is -2.51. The van der Waals surface area contributed by atoms with Gasteiger partial charge in [-0.3, -0.25) is 9.59 Å². The summed E-state index contributed by atoms with van der Waals surface area (Å²) in [5.74, 6) is -1.27. The number of unbranched alkanes of at least 4 members (excludes halogenated alkanes) is 2. The average molecular weight is 582 g/mol. The molecule has 1 aromatic carbocycles. The summed E-state index contributed by atoms with van der Waals surface area (Å²) < 4.78 is 31.4. The molecule has 1 aromatic rings. The van der Waals surface area contributed by atoms with Gasteiger partial charge in [-0.15, -0.1) is 0 Å². The maximum Gasteiger partial charge on any atom is 0.514 e. The van der Waals surface area contributed by atoms with Gasteiger partial charge >= 0.3 is 24.2 Å². The highest BCUT2D eigenvalue weighted by atomic mass is 16.7. The van der Waals surface area contributed by atoms with Crippen LogP contribution in [0.25, 0.3) is 0 Å². The van der Waals surface area contributed by atoms with Crippen LogP contribution in [0.15, 0.2) is 18.2 Å². The lowest BCUT2D eigenvalue weighted by molar-refractivity contribution is -0.151. The largest absolute Gasteiger partial charge is 0.514 e. The quantitative estimate of drug-likeness (QED) is 0.0938. The molecular weight excluding hydrogens is 534 g/mol. The predicted octanol–water partition coefficient (Wildman–Crippen LogP) is 6.02. The molecule has 1 rings (SSSR count). The Hall–Kier alpha value is -3.34. The SMILES string of the molecule is CCCCCC(=O)OCC[C@@](N)(Cc1ccc(OC(=O)O[C@@H](C)CCC)c(OC(=O)OC(C)CCC)c1)C(=O)OC. The first-order valence-electron chi connectivity index (χ1n) is 14.4. The summed E-state index contributed by atoms with van der Waals surface area (Å²) in [5, 5.41) is 0. The van der Waals surface area contributed by atoms with Crippen molar-refractivity contribution in [2.45, 2.75) is 117 Å². The Labute approximate surface area is 243 Å². The number of carbonyl (C=O) groups is 4. The first kappa shape index (κ1) is 35.7. The fraction of sp³-hybridized carbons (Fsp3) is 0.667. The minimum Gasteiger partial charge on any atom is -0.468 e. The van der Waals surface area contributed by atoms with Gasteiger partial charge in [-0.05, 0) is 50.8 Å². The van der Waals surface area contributed by atoms with Crippen LogP contribution in [0.2, 0.25) is 0 Å². The molecule has 11 heteroatoms. The summed E-state index contributed by atoms with van der Waals surface area (Å²) in [6.07, 6.45) is 3.07. The normalized spacial score (nSPS) is 13.7. The van der Waals surface area contributed by atoms with E-state index in [0.29, 0.717) is 24.8 Å². The smallest absolute Gasteiger partial charge is 0.468 e. The highest BCUT2D eigenvalue weighted by molar-refractivity contribution is 5.81. The molecule has 11 nitrogen and oxygen atoms in total. The molecule has 0 heterocycles. The topological polar surface area (TPSA) is 150 Å². The third-order valence-electron chi connectivity index (χ3n) is 6.29. The molecular formula is C30H47NO10. The van der Waals surface area contributed by atoms with Crippen molar-refractivity contribution in [1.82, 2.24) is 0 Å². The number of hydrogen-bond donors (Lipinski definition) is 1. The van der Waals surface area contributed by atoms with Crippen LogP contribution < -0.4 is 15.2 Å². The molecule has 0 radical (unpaired) electrons. The van der Waals surface area contributed by atoms with Gasteiger partial charge in [0.25, 0.3) is 0 Å². The van der Waals surface area contributed by atoms with Crippen molar-refractivity contribution in [2.24, 2.45) is 5.73 Å². The average Bonchev–Trinajstić information content (AvgIpc) is 2.89. The maximum atomic E-state index is 12.7. The van der Waals surface area contributed by atoms with E-state index in [1.165, 1.54) is 19.2 Å². The highest BCUT2D eigenvalue weighted by Gasteiger charge is 2.36. The summed E-state index contributed by atoms with van der Waals surface area (Å²) in [4.78, 5) is 49.5. The minimum atomic E-state index is -1.55. The number of ether oxygens (including phenoxy) is 6. The van der Waals surface area contributed by atoms with Crippen LogP contribution >= 0.6 is 0 Å². The van der Waals surface area contributed by atoms with E-state index in [1.54, 1.807) is 19.9 Å². The third kappa shape index (κ3) is 13.7. The Morgan fingerprint density at radius 1 is 0.854 bits per heavy atom. The van der Waals surface area contributed by atoms with E-state index in [4.69, 9.17) is 34.2 Å². The summed E-state index contributed by atoms with van der Waals surface area (Å²) in [6, 6.07) is 4.40. The van der Waals surface area contributed by atoms with Crippen molar-refractivity contribution in [3.8, 4) is 11.5 Å². The van der Waals surface area contributed by atoms with Crippen molar-refractivity contribution in [1.29, 1.82) is 0 Å². The maximum absolute atomic E-state index is 12.7. The fourth-order valence-corrected chi connectivity index (χ4v) is 4.08. The van der Waals surface area contributed by atoms with Gasteiger partial charge in [0.05, 0.1) is 13.7 Å². The monoisotopic (exact) mass is 581 g/mol. The van der Waals surface area contributed by atoms with Gasteiger partial charge in [0.1, 0.15) is 17.7 Å². The van der Waals surface area contributed by atoms with Crippen LogP contribution in [0, 0.1) is 0 Å². The molecule has 0 spiro atoms. The second-order valence-corrected chi connectivity index (χ2v) is 10.2. The number of methoxy groups -OCH3 is 1. The number of benzene rings is 1. The van der Waals surface area contributed by atoms with Gasteiger partial charge in [0.2, 0.25) is 0 Å². The molecule has 0 aliphatic heterocycles. The molecule has 0 saturated carbocycles. The van der Waals surface area contributed by atoms with Gasteiger partial charge in [-0.25, -0.2) is 9.59 Å². The van der Waals surface area contributed by atoms with Crippen molar-refractivity contribution in [3.63, 3.8) is 0 Å². The summed E-state index contributed by atoms with van der Waals surface area (Å²) >= 11 is 0. The van der Waals surface area contributed by atoms with Crippen LogP contribution in [0.3, 0.4) is 0 Å². The first-order chi connectivity index (χ1) is 19.5. The number of carbonyl (C=O) groups excluding carboxylic acids is 4. The van der Waals surface area contributed by atoms with Crippen LogP contribution in [-0.4, -0.2) is 55.7 Å². The van der Waals surface area contributed by atoms with E-state index < -0.39 is 23.8 Å². The number of rotatable bonds is 18. The van der Waals surface area contributed by atoms with E-state index in [-0.39, 0.29) is 49.1 Å². The molecule has 3 atom stereocenters. The van der Waals surface area contributed by atoms with Crippen LogP contribution in [-0.2, 0) is 35.0 Å². The standard InChI is InChI=1S/C30H47NO10/c1-7-10-11-14-26(32)37-18-17-30(31,27(33)36-6)20-23-15-16-24(40-28(34)38-21(4)12-8-2)25(19-23)41-29(35)39-22(5)13-9-3/h15-16,19,21-22H,7-14,17-18,20,31H2,1-6H3/t21-,22?,30+/m0/s1. The Morgan fingerprint density at radius 2 is 1.44 bits per heavy atom. The Bertz CT molecular complexity index is 982. The molecule has 0 aliphatic carbocycles. The molecule has 41 heavy (non-hydrogen) atoms. The van der Waals surface area contributed by atoms with Crippen molar-refractivity contribution in [3.05, 3.63) is 23.8 Å². The van der Waals surface area contributed by atoms with E-state index in [9.17, 15) is 19.2 Å². The zero-order valence-electron chi connectivity index (χ0n) is 25.3. The van der Waals surface area contributed by atoms with Gasteiger partial charge in [-0.2, -0.15) is 0 Å². The van der Waals surface area contributed by atoms with Gasteiger partial charge in [-0.1, -0.05) is 52.5 Å². The zero-order chi connectivity index (χ0) is 30.8. The fourth-order valence-electron chi connectivity index (χ4n) is 4.08. The van der Waals surface area contributed by atoms with Crippen molar-refractivity contribution < 1.29 is 47.6 Å². The third-order valence-corrected chi connectivity index (χ3v) is 6.29. The second kappa shape index (κ2) is 18.9. The number of nitrogens with two attached hydrogens (primary N) is 1. The molecule has 0 bridgehead atoms. The molecule has 0 fully saturated rings. The van der Waals surface area contributed by atoms with Crippen LogP contribution in [0.4, 0.5) is 9.59 Å². The summed E-state index contributed by atoms with van der Waals surface area (Å²) in [6.45, 7) is 9.36. The molecule has 0 aromatic heterocycles. The number of hydrogen-bond acceptors (Lipinski definition) is 11. The Morgan fingerprint density at radius 3 is 1.98 bits per heavy atom. The van der Waals surface area contributed by atoms with Crippen molar-refractivity contribution >= 4 is 24.2 Å². The molecule has 1 unspecified atom stereocenters. The van der Waals surface area contributed by atoms with E-state index in [2.05, 4.69) is 0 Å². The highest BCUT2D eigenvalue weighted by Crippen LogP contribution is 2.31. The minimum absolute atomic E-state index is 0.00809. The molecule has 0 aliphatic rings. The molecule has 0 saturated heterocycles. The van der Waals surface area contributed by atoms with Crippen molar-refractivity contribution in [2.75, 3.05) is 13.7 Å². The second-order valence-electron chi connectivity index (χ2n) is 10.2. The van der Waals surface area contributed by atoms with Crippen LogP contribution in [0.1, 0.15) is 98.0 Å². The Balaban J connectivity index is 3.14. The lowest BCUT2D eigenvalue weighted by atomic mass is 9.88. The Kier molecular flexibility index (Phi) is 16.5. The van der Waals surface area contributed by atoms with Gasteiger partial charge in [0, 0.05) is 19.3 Å². The van der Waals surface area contributed by atoms with E-state index >= 15 is 0 Å². The van der Waals surface area contributed by atoms with Gasteiger partial charge in [0.15, 0.2) is 11.5 Å². The number of esters is 2. The van der Waals surface area contributed by atoms with E-state index in [1.807, 2.05) is 20.8 Å². The first-order valence-corrected chi connectivity index (χ1v) is 14.4. The van der Waals surface area contributed by atoms with Gasteiger partial charge < -0.3 is 34.2 Å². The lowest BCUT2D eigenvalue weighted by Gasteiger charge is -2.27. The summed E-state index contributed by atoms with van der Waals surface area (Å²) in [7, 11) is 1.21. The zero-order valence-corrected chi connectivity index (χ0v) is 25.3. The molecule has 232 valence electrons. The molecule has 2 N–H and O–H groups in total. The molecule has 0 amide bonds. The van der Waals surface area contributed by atoms with E-state index in [0.717, 1.165) is 32.1 Å². The van der Waals surface area contributed by atoms with Crippen LogP contribution in [0.5, 0.6) is 11.5 Å².